The number of carbonyl (C=O) groups is 1. The molecule has 1 saturated heterocycles. The second-order valence-corrected chi connectivity index (χ2v) is 5.07. The van der Waals surface area contributed by atoms with Gasteiger partial charge in [0.2, 0.25) is 5.91 Å². The SMILES string of the molecule is CCCNC(=O)CCc1ccnc(N2CCCC2)c1. The Morgan fingerprint density at radius 2 is 2.21 bits per heavy atom. The van der Waals surface area contributed by atoms with E-state index in [1.807, 2.05) is 12.3 Å². The molecule has 0 unspecified atom stereocenters. The fraction of sp³-hybridized carbons (Fsp3) is 0.600. The van der Waals surface area contributed by atoms with Crippen LogP contribution in [0.4, 0.5) is 5.82 Å². The second-order valence-electron chi connectivity index (χ2n) is 5.07. The molecule has 0 atom stereocenters. The van der Waals surface area contributed by atoms with E-state index in [2.05, 4.69) is 28.2 Å². The van der Waals surface area contributed by atoms with Gasteiger partial charge in [0.25, 0.3) is 0 Å². The third kappa shape index (κ3) is 4.23. The first-order valence-electron chi connectivity index (χ1n) is 7.26. The van der Waals surface area contributed by atoms with Gasteiger partial charge in [-0.2, -0.15) is 0 Å². The Morgan fingerprint density at radius 1 is 1.42 bits per heavy atom. The zero-order chi connectivity index (χ0) is 13.5. The number of hydrogen-bond acceptors (Lipinski definition) is 3. The fourth-order valence-electron chi connectivity index (χ4n) is 2.35. The van der Waals surface area contributed by atoms with Gasteiger partial charge < -0.3 is 10.2 Å². The molecule has 1 aliphatic rings. The van der Waals surface area contributed by atoms with Crippen LogP contribution in [0.1, 0.15) is 38.2 Å². The lowest BCUT2D eigenvalue weighted by Crippen LogP contribution is -2.24. The zero-order valence-corrected chi connectivity index (χ0v) is 11.7. The number of pyridine rings is 1. The van der Waals surface area contributed by atoms with Crippen molar-refractivity contribution in [2.24, 2.45) is 0 Å². The molecule has 4 heteroatoms. The maximum Gasteiger partial charge on any atom is 0.220 e. The highest BCUT2D eigenvalue weighted by molar-refractivity contribution is 5.76. The predicted molar refractivity (Wildman–Crippen MR) is 77.3 cm³/mol. The second kappa shape index (κ2) is 7.12. The molecule has 0 aliphatic carbocycles. The summed E-state index contributed by atoms with van der Waals surface area (Å²) in [7, 11) is 0. The van der Waals surface area contributed by atoms with Crippen LogP contribution < -0.4 is 10.2 Å². The quantitative estimate of drug-likeness (QED) is 0.853. The minimum Gasteiger partial charge on any atom is -0.357 e. The maximum absolute atomic E-state index is 11.6. The van der Waals surface area contributed by atoms with Crippen molar-refractivity contribution in [1.82, 2.24) is 10.3 Å². The Morgan fingerprint density at radius 3 is 2.95 bits per heavy atom. The molecule has 0 saturated carbocycles. The van der Waals surface area contributed by atoms with Crippen molar-refractivity contribution in [2.45, 2.75) is 39.0 Å². The van der Waals surface area contributed by atoms with Crippen molar-refractivity contribution < 1.29 is 4.79 Å². The smallest absolute Gasteiger partial charge is 0.220 e. The minimum atomic E-state index is 0.140. The summed E-state index contributed by atoms with van der Waals surface area (Å²) in [6, 6.07) is 4.13. The Hall–Kier alpha value is -1.58. The summed E-state index contributed by atoms with van der Waals surface area (Å²) in [5.74, 6) is 1.20. The molecular formula is C15H23N3O. The normalized spacial score (nSPS) is 14.7. The highest BCUT2D eigenvalue weighted by Gasteiger charge is 2.13. The standard InChI is InChI=1S/C15H23N3O/c1-2-8-17-15(19)6-5-13-7-9-16-14(12-13)18-10-3-4-11-18/h7,9,12H,2-6,8,10-11H2,1H3,(H,17,19). The first-order chi connectivity index (χ1) is 9.29. The van der Waals surface area contributed by atoms with Crippen molar-refractivity contribution >= 4 is 11.7 Å². The summed E-state index contributed by atoms with van der Waals surface area (Å²) in [6.45, 7) is 5.04. The van der Waals surface area contributed by atoms with Crippen LogP contribution in [0, 0.1) is 0 Å². The van der Waals surface area contributed by atoms with E-state index in [0.717, 1.165) is 38.3 Å². The monoisotopic (exact) mass is 261 g/mol. The summed E-state index contributed by atoms with van der Waals surface area (Å²) >= 11 is 0. The maximum atomic E-state index is 11.6. The number of aromatic nitrogens is 1. The van der Waals surface area contributed by atoms with Gasteiger partial charge in [-0.25, -0.2) is 4.98 Å². The van der Waals surface area contributed by atoms with Gasteiger partial charge in [-0.15, -0.1) is 0 Å². The highest BCUT2D eigenvalue weighted by atomic mass is 16.1. The van der Waals surface area contributed by atoms with Gasteiger partial charge in [-0.05, 0) is 43.4 Å². The van der Waals surface area contributed by atoms with E-state index in [0.29, 0.717) is 6.42 Å². The fourth-order valence-corrected chi connectivity index (χ4v) is 2.35. The average Bonchev–Trinajstić information content (AvgIpc) is 2.97. The highest BCUT2D eigenvalue weighted by Crippen LogP contribution is 2.18. The van der Waals surface area contributed by atoms with Gasteiger partial charge in [0.05, 0.1) is 0 Å². The van der Waals surface area contributed by atoms with Crippen LogP contribution in [-0.4, -0.2) is 30.5 Å². The molecule has 1 N–H and O–H groups in total. The Kier molecular flexibility index (Phi) is 5.19. The van der Waals surface area contributed by atoms with E-state index in [-0.39, 0.29) is 5.91 Å². The van der Waals surface area contributed by atoms with Crippen molar-refractivity contribution in [2.75, 3.05) is 24.5 Å². The molecule has 2 rings (SSSR count). The summed E-state index contributed by atoms with van der Waals surface area (Å²) in [5, 5.41) is 2.91. The first-order valence-corrected chi connectivity index (χ1v) is 7.26. The molecule has 1 fully saturated rings. The van der Waals surface area contributed by atoms with Gasteiger partial charge in [-0.3, -0.25) is 4.79 Å². The number of nitrogens with one attached hydrogen (secondary N) is 1. The minimum absolute atomic E-state index is 0.140. The summed E-state index contributed by atoms with van der Waals surface area (Å²) < 4.78 is 0. The number of amides is 1. The molecule has 1 amide bonds. The van der Waals surface area contributed by atoms with Crippen LogP contribution in [0.15, 0.2) is 18.3 Å². The molecule has 1 aliphatic heterocycles. The van der Waals surface area contributed by atoms with Crippen molar-refractivity contribution in [3.05, 3.63) is 23.9 Å². The zero-order valence-electron chi connectivity index (χ0n) is 11.7. The molecule has 2 heterocycles. The van der Waals surface area contributed by atoms with E-state index in [9.17, 15) is 4.79 Å². The summed E-state index contributed by atoms with van der Waals surface area (Å²) in [4.78, 5) is 18.3. The van der Waals surface area contributed by atoms with Gasteiger partial charge in [0, 0.05) is 32.3 Å². The molecule has 1 aromatic heterocycles. The number of aryl methyl sites for hydroxylation is 1. The molecule has 19 heavy (non-hydrogen) atoms. The molecular weight excluding hydrogens is 238 g/mol. The first kappa shape index (κ1) is 13.8. The number of carbonyl (C=O) groups excluding carboxylic acids is 1. The molecule has 0 radical (unpaired) electrons. The summed E-state index contributed by atoms with van der Waals surface area (Å²) in [5.41, 5.74) is 1.20. The lowest BCUT2D eigenvalue weighted by molar-refractivity contribution is -0.121. The van der Waals surface area contributed by atoms with Crippen LogP contribution in [-0.2, 0) is 11.2 Å². The van der Waals surface area contributed by atoms with Crippen LogP contribution in [0.3, 0.4) is 0 Å². The average molecular weight is 261 g/mol. The van der Waals surface area contributed by atoms with Gasteiger partial charge in [0.1, 0.15) is 5.82 Å². The molecule has 0 bridgehead atoms. The molecule has 1 aromatic rings. The lowest BCUT2D eigenvalue weighted by atomic mass is 10.1. The van der Waals surface area contributed by atoms with Crippen LogP contribution >= 0.6 is 0 Å². The van der Waals surface area contributed by atoms with E-state index >= 15 is 0 Å². The van der Waals surface area contributed by atoms with Crippen LogP contribution in [0.25, 0.3) is 0 Å². The van der Waals surface area contributed by atoms with Crippen LogP contribution in [0.2, 0.25) is 0 Å². The molecule has 0 aromatic carbocycles. The topological polar surface area (TPSA) is 45.2 Å². The number of hydrogen-bond donors (Lipinski definition) is 1. The van der Waals surface area contributed by atoms with Gasteiger partial charge >= 0.3 is 0 Å². The Labute approximate surface area is 115 Å². The van der Waals surface area contributed by atoms with Crippen molar-refractivity contribution in [3.8, 4) is 0 Å². The van der Waals surface area contributed by atoms with E-state index in [1.165, 1.54) is 18.4 Å². The molecule has 104 valence electrons. The Bertz CT molecular complexity index is 414. The van der Waals surface area contributed by atoms with Gasteiger partial charge in [0.15, 0.2) is 0 Å². The van der Waals surface area contributed by atoms with Crippen molar-refractivity contribution in [1.29, 1.82) is 0 Å². The number of nitrogens with zero attached hydrogens (tertiary/aromatic N) is 2. The van der Waals surface area contributed by atoms with Crippen molar-refractivity contribution in [3.63, 3.8) is 0 Å². The number of rotatable bonds is 6. The van der Waals surface area contributed by atoms with E-state index < -0.39 is 0 Å². The van der Waals surface area contributed by atoms with Gasteiger partial charge in [-0.1, -0.05) is 6.92 Å². The largest absolute Gasteiger partial charge is 0.357 e. The van der Waals surface area contributed by atoms with Crippen LogP contribution in [0.5, 0.6) is 0 Å². The molecule has 0 spiro atoms. The third-order valence-corrected chi connectivity index (χ3v) is 3.45. The van der Waals surface area contributed by atoms with E-state index in [1.54, 1.807) is 0 Å². The Balaban J connectivity index is 1.86. The number of anilines is 1. The third-order valence-electron chi connectivity index (χ3n) is 3.45. The lowest BCUT2D eigenvalue weighted by Gasteiger charge is -2.16. The summed E-state index contributed by atoms with van der Waals surface area (Å²) in [6.07, 6.45) is 6.70. The molecule has 4 nitrogen and oxygen atoms in total. The van der Waals surface area contributed by atoms with E-state index in [4.69, 9.17) is 0 Å². The predicted octanol–water partition coefficient (Wildman–Crippen LogP) is 2.14.